The highest BCUT2D eigenvalue weighted by Gasteiger charge is 2.22. The fourth-order valence-electron chi connectivity index (χ4n) is 2.40. The Balaban J connectivity index is 2.77. The molecule has 0 spiro atoms. The summed E-state index contributed by atoms with van der Waals surface area (Å²) in [4.78, 5) is 4.05. The van der Waals surface area contributed by atoms with E-state index in [4.69, 9.17) is 0 Å². The summed E-state index contributed by atoms with van der Waals surface area (Å²) < 4.78 is 27.2. The summed E-state index contributed by atoms with van der Waals surface area (Å²) >= 11 is 0. The first kappa shape index (κ1) is 18.1. The zero-order valence-corrected chi connectivity index (χ0v) is 14.4. The van der Waals surface area contributed by atoms with E-state index in [1.165, 1.54) is 0 Å². The summed E-state index contributed by atoms with van der Waals surface area (Å²) in [5, 5.41) is 3.08. The Morgan fingerprint density at radius 3 is 2.19 bits per heavy atom. The third-order valence-electron chi connectivity index (χ3n) is 3.68. The van der Waals surface area contributed by atoms with Crippen molar-refractivity contribution in [2.75, 3.05) is 13.6 Å². The molecule has 0 aliphatic rings. The van der Waals surface area contributed by atoms with Gasteiger partial charge in [0.05, 0.1) is 0 Å². The molecule has 1 aromatic heterocycles. The van der Waals surface area contributed by atoms with Gasteiger partial charge in [0, 0.05) is 19.3 Å². The van der Waals surface area contributed by atoms with Crippen LogP contribution in [0.25, 0.3) is 0 Å². The zero-order valence-electron chi connectivity index (χ0n) is 13.6. The van der Waals surface area contributed by atoms with Crippen molar-refractivity contribution in [3.05, 3.63) is 23.9 Å². The summed E-state index contributed by atoms with van der Waals surface area (Å²) in [5.74, 6) is 1.17. The number of nitrogens with one attached hydrogen (secondary N) is 2. The van der Waals surface area contributed by atoms with Gasteiger partial charge in [-0.3, -0.25) is 0 Å². The zero-order chi connectivity index (χ0) is 16.0. The highest BCUT2D eigenvalue weighted by molar-refractivity contribution is 7.89. The minimum atomic E-state index is -3.54. The van der Waals surface area contributed by atoms with Crippen molar-refractivity contribution in [3.63, 3.8) is 0 Å². The quantitative estimate of drug-likeness (QED) is 0.770. The van der Waals surface area contributed by atoms with Crippen molar-refractivity contribution in [1.29, 1.82) is 0 Å². The van der Waals surface area contributed by atoms with Crippen LogP contribution in [0.4, 0.5) is 0 Å². The van der Waals surface area contributed by atoms with E-state index in [1.807, 2.05) is 7.05 Å². The maximum Gasteiger partial charge on any atom is 0.258 e. The number of rotatable bonds is 8. The molecule has 5 nitrogen and oxygen atoms in total. The van der Waals surface area contributed by atoms with Gasteiger partial charge in [0.25, 0.3) is 10.0 Å². The first-order chi connectivity index (χ1) is 9.77. The summed E-state index contributed by atoms with van der Waals surface area (Å²) in [6, 6.07) is 3.33. The van der Waals surface area contributed by atoms with E-state index in [0.717, 1.165) is 5.56 Å². The van der Waals surface area contributed by atoms with Crippen LogP contribution < -0.4 is 10.0 Å². The molecular formula is C15H27N3O2S. The first-order valence-corrected chi connectivity index (χ1v) is 8.85. The third kappa shape index (κ3) is 5.37. The Bertz CT molecular complexity index is 516. The molecule has 6 heteroatoms. The van der Waals surface area contributed by atoms with Crippen LogP contribution in [0.5, 0.6) is 0 Å². The van der Waals surface area contributed by atoms with Gasteiger partial charge in [-0.2, -0.15) is 0 Å². The lowest BCUT2D eigenvalue weighted by Crippen LogP contribution is -2.34. The molecule has 1 heterocycles. The molecule has 0 radical (unpaired) electrons. The maximum absolute atomic E-state index is 12.3. The molecule has 0 unspecified atom stereocenters. The van der Waals surface area contributed by atoms with Gasteiger partial charge in [-0.05, 0) is 36.4 Å². The topological polar surface area (TPSA) is 71.1 Å². The Hall–Kier alpha value is -0.980. The Morgan fingerprint density at radius 1 is 1.14 bits per heavy atom. The molecule has 0 saturated heterocycles. The predicted molar refractivity (Wildman–Crippen MR) is 85.4 cm³/mol. The molecule has 0 fully saturated rings. The van der Waals surface area contributed by atoms with Crippen LogP contribution in [0.15, 0.2) is 23.4 Å². The molecule has 2 N–H and O–H groups in total. The number of nitrogens with zero attached hydrogens (tertiary/aromatic N) is 1. The third-order valence-corrected chi connectivity index (χ3v) is 5.01. The molecule has 21 heavy (non-hydrogen) atoms. The van der Waals surface area contributed by atoms with Gasteiger partial charge in [-0.1, -0.05) is 33.8 Å². The van der Waals surface area contributed by atoms with Gasteiger partial charge in [0.1, 0.15) is 0 Å². The second-order valence-corrected chi connectivity index (χ2v) is 7.75. The van der Waals surface area contributed by atoms with Crippen molar-refractivity contribution in [3.8, 4) is 0 Å². The summed E-state index contributed by atoms with van der Waals surface area (Å²) in [6.45, 7) is 9.57. The number of aromatic nitrogens is 1. The van der Waals surface area contributed by atoms with Gasteiger partial charge in [0.15, 0.2) is 5.03 Å². The average molecular weight is 313 g/mol. The van der Waals surface area contributed by atoms with Crippen LogP contribution in [0.2, 0.25) is 0 Å². The number of sulfonamides is 1. The highest BCUT2D eigenvalue weighted by atomic mass is 32.2. The summed E-state index contributed by atoms with van der Waals surface area (Å²) in [7, 11) is -1.70. The Labute approximate surface area is 128 Å². The van der Waals surface area contributed by atoms with Crippen molar-refractivity contribution < 1.29 is 8.42 Å². The maximum atomic E-state index is 12.3. The molecule has 0 saturated carbocycles. The minimum Gasteiger partial charge on any atom is -0.316 e. The largest absolute Gasteiger partial charge is 0.316 e. The lowest BCUT2D eigenvalue weighted by Gasteiger charge is -2.24. The standard InChI is InChI=1S/C15H27N3O2S/c1-11(2)14(12(3)4)10-18-21(19,20)15-7-6-13(8-16-5)9-17-15/h6-7,9,11-12,14,16,18H,8,10H2,1-5H3. The SMILES string of the molecule is CNCc1ccc(S(=O)(=O)NCC(C(C)C)C(C)C)nc1. The predicted octanol–water partition coefficient (Wildman–Crippen LogP) is 2.01. The summed E-state index contributed by atoms with van der Waals surface area (Å²) in [6.07, 6.45) is 1.59. The second kappa shape index (κ2) is 7.87. The fraction of sp³-hybridized carbons (Fsp3) is 0.667. The normalized spacial score (nSPS) is 12.6. The molecule has 0 aliphatic carbocycles. The highest BCUT2D eigenvalue weighted by Crippen LogP contribution is 2.20. The van der Waals surface area contributed by atoms with Gasteiger partial charge >= 0.3 is 0 Å². The first-order valence-electron chi connectivity index (χ1n) is 7.37. The molecule has 0 aliphatic heterocycles. The van der Waals surface area contributed by atoms with Crippen LogP contribution in [0, 0.1) is 17.8 Å². The molecule has 1 aromatic rings. The number of hydrogen-bond donors (Lipinski definition) is 2. The molecule has 0 amide bonds. The van der Waals surface area contributed by atoms with Crippen molar-refractivity contribution in [2.24, 2.45) is 17.8 Å². The van der Waals surface area contributed by atoms with E-state index >= 15 is 0 Å². The van der Waals surface area contributed by atoms with E-state index < -0.39 is 10.0 Å². The Morgan fingerprint density at radius 2 is 1.76 bits per heavy atom. The van der Waals surface area contributed by atoms with Gasteiger partial charge in [-0.15, -0.1) is 0 Å². The smallest absolute Gasteiger partial charge is 0.258 e. The average Bonchev–Trinajstić information content (AvgIpc) is 2.39. The van der Waals surface area contributed by atoms with E-state index in [2.05, 4.69) is 42.7 Å². The van der Waals surface area contributed by atoms with Crippen LogP contribution in [-0.2, 0) is 16.6 Å². The summed E-state index contributed by atoms with van der Waals surface area (Å²) in [5.41, 5.74) is 0.957. The van der Waals surface area contributed by atoms with Crippen LogP contribution >= 0.6 is 0 Å². The van der Waals surface area contributed by atoms with E-state index in [9.17, 15) is 8.42 Å². The van der Waals surface area contributed by atoms with Gasteiger partial charge in [-0.25, -0.2) is 18.1 Å². The molecule has 0 aromatic carbocycles. The van der Waals surface area contributed by atoms with E-state index in [1.54, 1.807) is 18.3 Å². The van der Waals surface area contributed by atoms with Crippen molar-refractivity contribution in [1.82, 2.24) is 15.0 Å². The second-order valence-electron chi connectivity index (χ2n) is 6.04. The molecule has 120 valence electrons. The van der Waals surface area contributed by atoms with Crippen LogP contribution in [0.1, 0.15) is 33.3 Å². The van der Waals surface area contributed by atoms with Crippen LogP contribution in [-0.4, -0.2) is 27.0 Å². The number of hydrogen-bond acceptors (Lipinski definition) is 4. The van der Waals surface area contributed by atoms with Gasteiger partial charge < -0.3 is 5.32 Å². The lowest BCUT2D eigenvalue weighted by molar-refractivity contribution is 0.289. The van der Waals surface area contributed by atoms with E-state index in [-0.39, 0.29) is 5.03 Å². The van der Waals surface area contributed by atoms with E-state index in [0.29, 0.717) is 30.8 Å². The number of pyridine rings is 1. The van der Waals surface area contributed by atoms with Crippen LogP contribution in [0.3, 0.4) is 0 Å². The molecule has 0 atom stereocenters. The fourth-order valence-corrected chi connectivity index (χ4v) is 3.40. The van der Waals surface area contributed by atoms with Crippen molar-refractivity contribution in [2.45, 2.75) is 39.3 Å². The monoisotopic (exact) mass is 313 g/mol. The molecular weight excluding hydrogens is 286 g/mol. The molecule has 1 rings (SSSR count). The minimum absolute atomic E-state index is 0.0774. The Kier molecular flexibility index (Phi) is 6.77. The van der Waals surface area contributed by atoms with Gasteiger partial charge in [0.2, 0.25) is 0 Å². The van der Waals surface area contributed by atoms with Crippen molar-refractivity contribution >= 4 is 10.0 Å². The lowest BCUT2D eigenvalue weighted by atomic mass is 9.86. The molecule has 0 bridgehead atoms.